The van der Waals surface area contributed by atoms with E-state index in [4.69, 9.17) is 14.2 Å². The predicted octanol–water partition coefficient (Wildman–Crippen LogP) is 1.96. The Balaban J connectivity index is 1.65. The lowest BCUT2D eigenvalue weighted by molar-refractivity contribution is 0.0474. The van der Waals surface area contributed by atoms with Gasteiger partial charge in [0.15, 0.2) is 23.9 Å². The van der Waals surface area contributed by atoms with E-state index in [1.54, 1.807) is 12.1 Å². The van der Waals surface area contributed by atoms with Crippen LogP contribution >= 0.6 is 0 Å². The number of esters is 1. The molecule has 1 heterocycles. The fourth-order valence-electron chi connectivity index (χ4n) is 2.56. The molecule has 0 aromatic heterocycles. The molecule has 0 fully saturated rings. The van der Waals surface area contributed by atoms with E-state index in [0.717, 1.165) is 0 Å². The first kappa shape index (κ1) is 20.6. The van der Waals surface area contributed by atoms with Crippen molar-refractivity contribution in [1.82, 2.24) is 4.72 Å². The Morgan fingerprint density at radius 2 is 1.83 bits per heavy atom. The summed E-state index contributed by atoms with van der Waals surface area (Å²) in [6.45, 7) is 3.84. The third-order valence-electron chi connectivity index (χ3n) is 4.00. The number of hydrogen-bond acceptors (Lipinski definition) is 7. The van der Waals surface area contributed by atoms with E-state index < -0.39 is 28.4 Å². The summed E-state index contributed by atoms with van der Waals surface area (Å²) in [5, 5.41) is 0. The molecule has 0 saturated heterocycles. The Labute approximate surface area is 168 Å². The van der Waals surface area contributed by atoms with Crippen LogP contribution in [0.25, 0.3) is 0 Å². The molecule has 152 valence electrons. The van der Waals surface area contributed by atoms with Gasteiger partial charge < -0.3 is 14.2 Å². The SMILES string of the molecule is C=CCNS(=O)(=O)c1cccc(C(=O)OCC(=O)c2ccc3c(c2)OCCO3)c1. The zero-order valence-corrected chi connectivity index (χ0v) is 16.2. The summed E-state index contributed by atoms with van der Waals surface area (Å²) in [5.74, 6) is -0.227. The molecule has 1 aliphatic heterocycles. The normalized spacial score (nSPS) is 12.8. The third-order valence-corrected chi connectivity index (χ3v) is 5.42. The molecule has 0 unspecified atom stereocenters. The average molecular weight is 417 g/mol. The number of Topliss-reactive ketones (excluding diaryl/α,β-unsaturated/α-hetero) is 1. The largest absolute Gasteiger partial charge is 0.486 e. The summed E-state index contributed by atoms with van der Waals surface area (Å²) >= 11 is 0. The number of carbonyl (C=O) groups excluding carboxylic acids is 2. The smallest absolute Gasteiger partial charge is 0.338 e. The number of sulfonamides is 1. The van der Waals surface area contributed by atoms with Gasteiger partial charge in [0.1, 0.15) is 13.2 Å². The van der Waals surface area contributed by atoms with Crippen molar-refractivity contribution in [2.75, 3.05) is 26.4 Å². The van der Waals surface area contributed by atoms with E-state index in [1.807, 2.05) is 0 Å². The van der Waals surface area contributed by atoms with Crippen LogP contribution in [0.1, 0.15) is 20.7 Å². The number of ketones is 1. The molecule has 0 amide bonds. The summed E-state index contributed by atoms with van der Waals surface area (Å²) < 4.78 is 42.5. The number of rotatable bonds is 8. The highest BCUT2D eigenvalue weighted by molar-refractivity contribution is 7.89. The molecule has 2 aromatic carbocycles. The van der Waals surface area contributed by atoms with Crippen molar-refractivity contribution in [1.29, 1.82) is 0 Å². The van der Waals surface area contributed by atoms with Gasteiger partial charge >= 0.3 is 5.97 Å². The van der Waals surface area contributed by atoms with E-state index in [0.29, 0.717) is 30.3 Å². The second kappa shape index (κ2) is 8.89. The summed E-state index contributed by atoms with van der Waals surface area (Å²) in [7, 11) is -3.78. The van der Waals surface area contributed by atoms with Crippen LogP contribution in [-0.2, 0) is 14.8 Å². The minimum atomic E-state index is -3.78. The van der Waals surface area contributed by atoms with Crippen LogP contribution in [0, 0.1) is 0 Å². The molecule has 0 radical (unpaired) electrons. The fourth-order valence-corrected chi connectivity index (χ4v) is 3.60. The Hall–Kier alpha value is -3.17. The first-order valence-electron chi connectivity index (χ1n) is 8.71. The second-order valence-corrected chi connectivity index (χ2v) is 7.79. The molecule has 0 aliphatic carbocycles. The highest BCUT2D eigenvalue weighted by Gasteiger charge is 2.19. The first-order valence-corrected chi connectivity index (χ1v) is 10.2. The topological polar surface area (TPSA) is 108 Å². The quantitative estimate of drug-likeness (QED) is 0.397. The first-order chi connectivity index (χ1) is 13.9. The second-order valence-electron chi connectivity index (χ2n) is 6.03. The lowest BCUT2D eigenvalue weighted by Crippen LogP contribution is -2.24. The molecule has 29 heavy (non-hydrogen) atoms. The maximum Gasteiger partial charge on any atom is 0.338 e. The minimum absolute atomic E-state index is 0.0152. The van der Waals surface area contributed by atoms with Crippen LogP contribution in [0.15, 0.2) is 60.0 Å². The van der Waals surface area contributed by atoms with Gasteiger partial charge in [0, 0.05) is 12.1 Å². The van der Waals surface area contributed by atoms with Crippen LogP contribution in [0.5, 0.6) is 11.5 Å². The van der Waals surface area contributed by atoms with Crippen LogP contribution in [-0.4, -0.2) is 46.5 Å². The average Bonchev–Trinajstić information content (AvgIpc) is 2.75. The monoisotopic (exact) mass is 417 g/mol. The Kier molecular flexibility index (Phi) is 6.30. The maximum absolute atomic E-state index is 12.3. The molecule has 2 aromatic rings. The molecule has 0 atom stereocenters. The Morgan fingerprint density at radius 1 is 1.07 bits per heavy atom. The van der Waals surface area contributed by atoms with Gasteiger partial charge in [-0.05, 0) is 36.4 Å². The van der Waals surface area contributed by atoms with Crippen LogP contribution in [0.4, 0.5) is 0 Å². The summed E-state index contributed by atoms with van der Waals surface area (Å²) in [5.41, 5.74) is 0.327. The molecular formula is C20H19NO7S. The number of benzene rings is 2. The van der Waals surface area contributed by atoms with E-state index in [9.17, 15) is 18.0 Å². The van der Waals surface area contributed by atoms with Crippen molar-refractivity contribution < 1.29 is 32.2 Å². The maximum atomic E-state index is 12.3. The molecule has 1 aliphatic rings. The van der Waals surface area contributed by atoms with Gasteiger partial charge in [0.2, 0.25) is 10.0 Å². The number of fused-ring (bicyclic) bond motifs is 1. The van der Waals surface area contributed by atoms with Gasteiger partial charge in [-0.3, -0.25) is 4.79 Å². The summed E-state index contributed by atoms with van der Waals surface area (Å²) in [6, 6.07) is 10.1. The standard InChI is InChI=1S/C20H19NO7S/c1-2-8-21-29(24,25)16-5-3-4-15(11-16)20(23)28-13-17(22)14-6-7-18-19(12-14)27-10-9-26-18/h2-7,11-12,21H,1,8-10,13H2. The lowest BCUT2D eigenvalue weighted by atomic mass is 10.1. The molecule has 0 saturated carbocycles. The number of carbonyl (C=O) groups is 2. The number of ether oxygens (including phenoxy) is 3. The van der Waals surface area contributed by atoms with Crippen molar-refractivity contribution in [2.24, 2.45) is 0 Å². The molecule has 1 N–H and O–H groups in total. The lowest BCUT2D eigenvalue weighted by Gasteiger charge is -2.18. The van der Waals surface area contributed by atoms with Gasteiger partial charge in [0.05, 0.1) is 10.5 Å². The minimum Gasteiger partial charge on any atom is -0.486 e. The number of hydrogen-bond donors (Lipinski definition) is 1. The van der Waals surface area contributed by atoms with Crippen LogP contribution < -0.4 is 14.2 Å². The number of nitrogens with one attached hydrogen (secondary N) is 1. The highest BCUT2D eigenvalue weighted by atomic mass is 32.2. The molecule has 8 nitrogen and oxygen atoms in total. The molecule has 3 rings (SSSR count). The van der Waals surface area contributed by atoms with E-state index >= 15 is 0 Å². The fraction of sp³-hybridized carbons (Fsp3) is 0.200. The summed E-state index contributed by atoms with van der Waals surface area (Å²) in [4.78, 5) is 24.5. The Bertz CT molecular complexity index is 1050. The summed E-state index contributed by atoms with van der Waals surface area (Å²) in [6.07, 6.45) is 1.40. The zero-order valence-electron chi connectivity index (χ0n) is 15.4. The molecule has 0 spiro atoms. The van der Waals surface area contributed by atoms with Crippen molar-refractivity contribution in [3.05, 3.63) is 66.2 Å². The van der Waals surface area contributed by atoms with Crippen molar-refractivity contribution >= 4 is 21.8 Å². The van der Waals surface area contributed by atoms with Gasteiger partial charge in [-0.2, -0.15) is 0 Å². The van der Waals surface area contributed by atoms with E-state index in [1.165, 1.54) is 36.4 Å². The van der Waals surface area contributed by atoms with Crippen LogP contribution in [0.3, 0.4) is 0 Å². The van der Waals surface area contributed by atoms with Gasteiger partial charge in [0.25, 0.3) is 0 Å². The molecular weight excluding hydrogens is 398 g/mol. The van der Waals surface area contributed by atoms with Crippen molar-refractivity contribution in [3.63, 3.8) is 0 Å². The highest BCUT2D eigenvalue weighted by Crippen LogP contribution is 2.30. The third kappa shape index (κ3) is 5.01. The zero-order chi connectivity index (χ0) is 20.9. The molecule has 0 bridgehead atoms. The predicted molar refractivity (Wildman–Crippen MR) is 104 cm³/mol. The Morgan fingerprint density at radius 3 is 2.59 bits per heavy atom. The van der Waals surface area contributed by atoms with Gasteiger partial charge in [-0.25, -0.2) is 17.9 Å². The van der Waals surface area contributed by atoms with Crippen molar-refractivity contribution in [2.45, 2.75) is 4.90 Å². The molecule has 9 heteroatoms. The van der Waals surface area contributed by atoms with E-state index in [-0.39, 0.29) is 17.0 Å². The van der Waals surface area contributed by atoms with Gasteiger partial charge in [-0.1, -0.05) is 12.1 Å². The van der Waals surface area contributed by atoms with Crippen molar-refractivity contribution in [3.8, 4) is 11.5 Å². The van der Waals surface area contributed by atoms with Gasteiger partial charge in [-0.15, -0.1) is 6.58 Å². The van der Waals surface area contributed by atoms with Crippen LogP contribution in [0.2, 0.25) is 0 Å². The van der Waals surface area contributed by atoms with E-state index in [2.05, 4.69) is 11.3 Å².